The summed E-state index contributed by atoms with van der Waals surface area (Å²) in [7, 11) is 0. The number of esters is 1. The van der Waals surface area contributed by atoms with E-state index < -0.39 is 29.1 Å². The number of rotatable bonds is 8. The van der Waals surface area contributed by atoms with E-state index >= 15 is 0 Å². The van der Waals surface area contributed by atoms with Crippen LogP contribution >= 0.6 is 23.1 Å². The van der Waals surface area contributed by atoms with Gasteiger partial charge in [-0.3, -0.25) is 0 Å². The minimum atomic E-state index is -4.60. The van der Waals surface area contributed by atoms with E-state index in [4.69, 9.17) is 9.47 Å². The highest BCUT2D eigenvalue weighted by molar-refractivity contribution is 7.98. The first-order valence-electron chi connectivity index (χ1n) is 10.7. The number of alkyl halides is 3. The standard InChI is InChI=1S/C25H25F4NO3S2/c1-6-32-23(31)24(4,5)33-20-10-8-17(11-14(20)2)34-13-21-15(3)30-22(35-21)18-9-7-16(12-19(18)26)25(27,28)29/h7-12H,6,13H2,1-5H3. The molecule has 0 saturated carbocycles. The average molecular weight is 528 g/mol. The minimum Gasteiger partial charge on any atom is -0.476 e. The van der Waals surface area contributed by atoms with Gasteiger partial charge >= 0.3 is 12.1 Å². The maximum atomic E-state index is 14.4. The summed E-state index contributed by atoms with van der Waals surface area (Å²) < 4.78 is 63.8. The number of aryl methyl sites for hydroxylation is 2. The van der Waals surface area contributed by atoms with Crippen LogP contribution in [0.1, 0.15) is 42.5 Å². The molecule has 10 heteroatoms. The summed E-state index contributed by atoms with van der Waals surface area (Å²) >= 11 is 2.80. The molecule has 3 rings (SSSR count). The van der Waals surface area contributed by atoms with E-state index in [-0.39, 0.29) is 12.2 Å². The van der Waals surface area contributed by atoms with E-state index in [1.165, 1.54) is 11.3 Å². The molecular formula is C25H25F4NO3S2. The topological polar surface area (TPSA) is 48.4 Å². The van der Waals surface area contributed by atoms with Gasteiger partial charge in [0.1, 0.15) is 16.6 Å². The zero-order valence-electron chi connectivity index (χ0n) is 19.9. The molecule has 0 atom stereocenters. The van der Waals surface area contributed by atoms with Crippen LogP contribution in [0.4, 0.5) is 17.6 Å². The lowest BCUT2D eigenvalue weighted by molar-refractivity contribution is -0.158. The van der Waals surface area contributed by atoms with Crippen molar-refractivity contribution in [2.45, 2.75) is 57.0 Å². The Kier molecular flexibility index (Phi) is 8.16. The molecule has 0 fully saturated rings. The van der Waals surface area contributed by atoms with Crippen molar-refractivity contribution in [3.63, 3.8) is 0 Å². The monoisotopic (exact) mass is 527 g/mol. The Morgan fingerprint density at radius 3 is 2.43 bits per heavy atom. The third-order valence-electron chi connectivity index (χ3n) is 5.07. The fraction of sp³-hybridized carbons (Fsp3) is 0.360. The van der Waals surface area contributed by atoms with Crippen molar-refractivity contribution in [3.05, 3.63) is 63.9 Å². The third kappa shape index (κ3) is 6.55. The fourth-order valence-corrected chi connectivity index (χ4v) is 5.37. The van der Waals surface area contributed by atoms with Gasteiger partial charge in [0, 0.05) is 21.1 Å². The maximum Gasteiger partial charge on any atom is 0.416 e. The molecule has 0 aliphatic carbocycles. The molecule has 0 amide bonds. The highest BCUT2D eigenvalue weighted by Crippen LogP contribution is 2.37. The van der Waals surface area contributed by atoms with Crippen LogP contribution in [0, 0.1) is 19.7 Å². The largest absolute Gasteiger partial charge is 0.476 e. The van der Waals surface area contributed by atoms with Crippen molar-refractivity contribution < 1.29 is 31.8 Å². The predicted octanol–water partition coefficient (Wildman–Crippen LogP) is 7.60. The Bertz CT molecular complexity index is 1220. The molecule has 0 unspecified atom stereocenters. The van der Waals surface area contributed by atoms with E-state index in [1.807, 2.05) is 19.1 Å². The number of hydrogen-bond donors (Lipinski definition) is 0. The first-order chi connectivity index (χ1) is 16.3. The summed E-state index contributed by atoms with van der Waals surface area (Å²) in [5, 5.41) is 0.338. The Morgan fingerprint density at radius 2 is 1.83 bits per heavy atom. The van der Waals surface area contributed by atoms with Gasteiger partial charge in [0.15, 0.2) is 5.60 Å². The quantitative estimate of drug-likeness (QED) is 0.172. The third-order valence-corrected chi connectivity index (χ3v) is 7.46. The van der Waals surface area contributed by atoms with Crippen molar-refractivity contribution in [3.8, 4) is 16.3 Å². The Hall–Kier alpha value is -2.59. The molecule has 0 saturated heterocycles. The lowest BCUT2D eigenvalue weighted by Crippen LogP contribution is -2.39. The maximum absolute atomic E-state index is 14.4. The van der Waals surface area contributed by atoms with Crippen LogP contribution in [0.3, 0.4) is 0 Å². The second-order valence-electron chi connectivity index (χ2n) is 8.27. The molecule has 188 valence electrons. The van der Waals surface area contributed by atoms with Crippen LogP contribution in [0.25, 0.3) is 10.6 Å². The molecule has 1 heterocycles. The van der Waals surface area contributed by atoms with E-state index in [0.29, 0.717) is 28.3 Å². The highest BCUT2D eigenvalue weighted by atomic mass is 32.2. The van der Waals surface area contributed by atoms with Gasteiger partial charge in [0.05, 0.1) is 17.9 Å². The Labute approximate surface area is 209 Å². The first kappa shape index (κ1) is 27.0. The summed E-state index contributed by atoms with van der Waals surface area (Å²) in [6.45, 7) is 8.97. The van der Waals surface area contributed by atoms with E-state index in [9.17, 15) is 22.4 Å². The number of aromatic nitrogens is 1. The fourth-order valence-electron chi connectivity index (χ4n) is 3.14. The number of carbonyl (C=O) groups excluding carboxylic acids is 1. The molecule has 2 aromatic carbocycles. The van der Waals surface area contributed by atoms with Gasteiger partial charge in [-0.2, -0.15) is 13.2 Å². The molecule has 0 N–H and O–H groups in total. The van der Waals surface area contributed by atoms with Gasteiger partial charge in [-0.25, -0.2) is 14.2 Å². The molecule has 0 aliphatic heterocycles. The molecular weight excluding hydrogens is 502 g/mol. The van der Waals surface area contributed by atoms with Crippen molar-refractivity contribution in [2.75, 3.05) is 6.61 Å². The van der Waals surface area contributed by atoms with Gasteiger partial charge in [0.25, 0.3) is 0 Å². The van der Waals surface area contributed by atoms with Crippen LogP contribution in [-0.4, -0.2) is 23.2 Å². The van der Waals surface area contributed by atoms with E-state index in [2.05, 4.69) is 4.98 Å². The molecule has 3 aromatic rings. The number of thioether (sulfide) groups is 1. The molecule has 1 aromatic heterocycles. The molecule has 0 aliphatic rings. The number of nitrogens with zero attached hydrogens (tertiary/aromatic N) is 1. The Morgan fingerprint density at radius 1 is 1.11 bits per heavy atom. The number of ether oxygens (including phenoxy) is 2. The van der Waals surface area contributed by atoms with Crippen LogP contribution in [0.2, 0.25) is 0 Å². The van der Waals surface area contributed by atoms with Crippen LogP contribution in [0.15, 0.2) is 41.3 Å². The second kappa shape index (κ2) is 10.6. The molecule has 0 bridgehead atoms. The SMILES string of the molecule is CCOC(=O)C(C)(C)Oc1ccc(SCc2sc(-c3ccc(C(F)(F)F)cc3F)nc2C)cc1C. The number of carbonyl (C=O) groups is 1. The van der Waals surface area contributed by atoms with Gasteiger partial charge in [-0.1, -0.05) is 0 Å². The number of hydrogen-bond acceptors (Lipinski definition) is 6. The average Bonchev–Trinajstić information content (AvgIpc) is 3.13. The number of halogens is 4. The first-order valence-corrected chi connectivity index (χ1v) is 12.5. The van der Waals surface area contributed by atoms with E-state index in [1.54, 1.807) is 45.5 Å². The van der Waals surface area contributed by atoms with Crippen LogP contribution < -0.4 is 4.74 Å². The highest BCUT2D eigenvalue weighted by Gasteiger charge is 2.32. The van der Waals surface area contributed by atoms with Gasteiger partial charge in [-0.05, 0) is 76.6 Å². The summed E-state index contributed by atoms with van der Waals surface area (Å²) in [6.07, 6.45) is -4.60. The molecule has 0 radical (unpaired) electrons. The van der Waals surface area contributed by atoms with Gasteiger partial charge in [-0.15, -0.1) is 23.1 Å². The normalized spacial score (nSPS) is 12.0. The Balaban J connectivity index is 1.71. The van der Waals surface area contributed by atoms with Gasteiger partial charge < -0.3 is 9.47 Å². The van der Waals surface area contributed by atoms with Crippen molar-refractivity contribution in [1.82, 2.24) is 4.98 Å². The van der Waals surface area contributed by atoms with Crippen LogP contribution in [0.5, 0.6) is 5.75 Å². The van der Waals surface area contributed by atoms with Crippen molar-refractivity contribution in [2.24, 2.45) is 0 Å². The summed E-state index contributed by atoms with van der Waals surface area (Å²) in [6, 6.07) is 8.08. The van der Waals surface area contributed by atoms with Crippen molar-refractivity contribution >= 4 is 29.1 Å². The molecule has 35 heavy (non-hydrogen) atoms. The number of thiazole rings is 1. The summed E-state index contributed by atoms with van der Waals surface area (Å²) in [5.41, 5.74) is -0.565. The van der Waals surface area contributed by atoms with E-state index in [0.717, 1.165) is 27.5 Å². The molecule has 0 spiro atoms. The lowest BCUT2D eigenvalue weighted by Gasteiger charge is -2.25. The number of benzene rings is 2. The zero-order valence-corrected chi connectivity index (χ0v) is 21.5. The zero-order chi connectivity index (χ0) is 26.0. The molecule has 4 nitrogen and oxygen atoms in total. The predicted molar refractivity (Wildman–Crippen MR) is 129 cm³/mol. The second-order valence-corrected chi connectivity index (χ2v) is 10.4. The summed E-state index contributed by atoms with van der Waals surface area (Å²) in [4.78, 5) is 18.3. The minimum absolute atomic E-state index is 0.0453. The van der Waals surface area contributed by atoms with Crippen molar-refractivity contribution in [1.29, 1.82) is 0 Å². The summed E-state index contributed by atoms with van der Waals surface area (Å²) in [5.74, 6) is -0.273. The lowest BCUT2D eigenvalue weighted by atomic mass is 10.1. The smallest absolute Gasteiger partial charge is 0.416 e. The van der Waals surface area contributed by atoms with Crippen LogP contribution in [-0.2, 0) is 21.5 Å². The van der Waals surface area contributed by atoms with Gasteiger partial charge in [0.2, 0.25) is 0 Å².